The third-order valence-corrected chi connectivity index (χ3v) is 9.11. The fraction of sp³-hybridized carbons (Fsp3) is 0.667. The second-order valence-corrected chi connectivity index (χ2v) is 18.8. The van der Waals surface area contributed by atoms with Crippen LogP contribution >= 0.6 is 0 Å². The Morgan fingerprint density at radius 3 is 2.27 bits per heavy atom. The molecule has 0 fully saturated rings. The zero-order valence-electron chi connectivity index (χ0n) is 7.61. The van der Waals surface area contributed by atoms with Crippen molar-refractivity contribution in [2.45, 2.75) is 34.1 Å². The summed E-state index contributed by atoms with van der Waals surface area (Å²) in [5, 5.41) is 0. The first-order valence-electron chi connectivity index (χ1n) is 4.23. The summed E-state index contributed by atoms with van der Waals surface area (Å²) in [7, 11) is 0. The number of rotatable bonds is 2. The van der Waals surface area contributed by atoms with Crippen LogP contribution in [0.3, 0.4) is 0 Å². The molecule has 0 N–H and O–H groups in total. The standard InChI is InChI=1S/C6H7O.3CH3.Sn/c7-5-6-3-1-2-4-6;;;;/h5H,1-3H2;3*1H3;. The summed E-state index contributed by atoms with van der Waals surface area (Å²) in [4.78, 5) is 17.8. The second-order valence-electron chi connectivity index (χ2n) is 4.23. The van der Waals surface area contributed by atoms with Crippen LogP contribution in [-0.4, -0.2) is 24.7 Å². The normalized spacial score (nSPS) is 19.2. The van der Waals surface area contributed by atoms with Crippen LogP contribution in [0.2, 0.25) is 14.8 Å². The molecule has 11 heavy (non-hydrogen) atoms. The van der Waals surface area contributed by atoms with E-state index in [1.807, 2.05) is 0 Å². The molecule has 1 aliphatic rings. The number of aldehydes is 1. The van der Waals surface area contributed by atoms with E-state index in [1.165, 1.54) is 12.8 Å². The Bertz CT molecular complexity index is 198. The zero-order valence-corrected chi connectivity index (χ0v) is 10.5. The Balaban J connectivity index is 2.92. The Morgan fingerprint density at radius 2 is 1.91 bits per heavy atom. The number of allylic oxidation sites excluding steroid dienone is 2. The van der Waals surface area contributed by atoms with Crippen LogP contribution in [-0.2, 0) is 4.79 Å². The Kier molecular flexibility index (Phi) is 2.79. The van der Waals surface area contributed by atoms with Gasteiger partial charge in [0, 0.05) is 0 Å². The van der Waals surface area contributed by atoms with Crippen LogP contribution in [0.25, 0.3) is 0 Å². The van der Waals surface area contributed by atoms with Crippen molar-refractivity contribution in [2.75, 3.05) is 0 Å². The maximum absolute atomic E-state index is 10.6. The number of carbonyl (C=O) groups excluding carboxylic acids is 1. The Hall–Kier alpha value is 0.209. The van der Waals surface area contributed by atoms with Gasteiger partial charge in [-0.2, -0.15) is 0 Å². The molecular formula is C9H16OSn. The van der Waals surface area contributed by atoms with Gasteiger partial charge >= 0.3 is 72.7 Å². The fourth-order valence-corrected chi connectivity index (χ4v) is 7.67. The molecule has 0 spiro atoms. The molecule has 1 rings (SSSR count). The fourth-order valence-electron chi connectivity index (χ4n) is 1.75. The van der Waals surface area contributed by atoms with E-state index in [0.29, 0.717) is 0 Å². The summed E-state index contributed by atoms with van der Waals surface area (Å²) in [6.07, 6.45) is 4.57. The van der Waals surface area contributed by atoms with Crippen LogP contribution in [0.15, 0.2) is 9.16 Å². The first kappa shape index (κ1) is 9.30. The van der Waals surface area contributed by atoms with Gasteiger partial charge in [0.25, 0.3) is 0 Å². The molecule has 0 aromatic carbocycles. The molecule has 1 nitrogen and oxygen atoms in total. The molecule has 0 radical (unpaired) electrons. The van der Waals surface area contributed by atoms with Gasteiger partial charge in [-0.1, -0.05) is 0 Å². The molecule has 0 atom stereocenters. The first-order chi connectivity index (χ1) is 5.05. The van der Waals surface area contributed by atoms with Crippen LogP contribution in [0.4, 0.5) is 0 Å². The third-order valence-electron chi connectivity index (χ3n) is 2.31. The van der Waals surface area contributed by atoms with Crippen molar-refractivity contribution in [2.24, 2.45) is 0 Å². The average Bonchev–Trinajstić information content (AvgIpc) is 2.31. The molecule has 0 aliphatic heterocycles. The molecule has 0 saturated carbocycles. The summed E-state index contributed by atoms with van der Waals surface area (Å²) >= 11 is -1.86. The van der Waals surface area contributed by atoms with Crippen LogP contribution in [0, 0.1) is 0 Å². The summed E-state index contributed by atoms with van der Waals surface area (Å²) in [5.41, 5.74) is 1.15. The van der Waals surface area contributed by atoms with Crippen molar-refractivity contribution in [1.82, 2.24) is 0 Å². The molecule has 0 amide bonds. The minimum absolute atomic E-state index is 1.05. The quantitative estimate of drug-likeness (QED) is 0.550. The first-order valence-corrected chi connectivity index (χ1v) is 14.2. The Labute approximate surface area is 72.7 Å². The molecule has 0 saturated heterocycles. The van der Waals surface area contributed by atoms with Gasteiger partial charge in [0.05, 0.1) is 0 Å². The van der Waals surface area contributed by atoms with Gasteiger partial charge in [0.2, 0.25) is 0 Å². The second kappa shape index (κ2) is 3.30. The van der Waals surface area contributed by atoms with Gasteiger partial charge in [0.15, 0.2) is 0 Å². The minimum atomic E-state index is -1.86. The van der Waals surface area contributed by atoms with E-state index in [0.717, 1.165) is 18.3 Å². The van der Waals surface area contributed by atoms with Crippen molar-refractivity contribution >= 4 is 24.7 Å². The van der Waals surface area contributed by atoms with E-state index in [-0.39, 0.29) is 0 Å². The van der Waals surface area contributed by atoms with E-state index in [4.69, 9.17) is 0 Å². The monoisotopic (exact) mass is 260 g/mol. The number of carbonyl (C=O) groups is 1. The molecule has 0 aromatic heterocycles. The molecule has 0 bridgehead atoms. The summed E-state index contributed by atoms with van der Waals surface area (Å²) < 4.78 is 1.58. The zero-order chi connectivity index (χ0) is 8.48. The molecule has 0 unspecified atom stereocenters. The summed E-state index contributed by atoms with van der Waals surface area (Å²) in [5.74, 6) is 0. The van der Waals surface area contributed by atoms with Crippen LogP contribution < -0.4 is 0 Å². The van der Waals surface area contributed by atoms with E-state index in [1.54, 1.807) is 3.59 Å². The van der Waals surface area contributed by atoms with Gasteiger partial charge in [-0.25, -0.2) is 0 Å². The predicted molar refractivity (Wildman–Crippen MR) is 50.3 cm³/mol. The van der Waals surface area contributed by atoms with Crippen LogP contribution in [0.1, 0.15) is 19.3 Å². The van der Waals surface area contributed by atoms with E-state index in [9.17, 15) is 4.79 Å². The molecule has 2 heteroatoms. The van der Waals surface area contributed by atoms with Crippen molar-refractivity contribution in [3.05, 3.63) is 9.16 Å². The van der Waals surface area contributed by atoms with Crippen molar-refractivity contribution < 1.29 is 4.79 Å². The van der Waals surface area contributed by atoms with Gasteiger partial charge in [-0.3, -0.25) is 0 Å². The maximum atomic E-state index is 10.6. The van der Waals surface area contributed by atoms with E-state index in [2.05, 4.69) is 14.8 Å². The molecule has 0 aromatic rings. The SMILES string of the molecule is [CH3][Sn]([CH3])([CH3])[C]1=C(C=O)CCC1. The summed E-state index contributed by atoms with van der Waals surface area (Å²) in [6, 6.07) is 0. The number of hydrogen-bond donors (Lipinski definition) is 0. The molecule has 1 aliphatic carbocycles. The van der Waals surface area contributed by atoms with Gasteiger partial charge < -0.3 is 0 Å². The van der Waals surface area contributed by atoms with E-state index < -0.39 is 18.4 Å². The van der Waals surface area contributed by atoms with E-state index >= 15 is 0 Å². The van der Waals surface area contributed by atoms with Crippen molar-refractivity contribution in [1.29, 1.82) is 0 Å². The van der Waals surface area contributed by atoms with Gasteiger partial charge in [0.1, 0.15) is 0 Å². The topological polar surface area (TPSA) is 17.1 Å². The van der Waals surface area contributed by atoms with Crippen molar-refractivity contribution in [3.8, 4) is 0 Å². The van der Waals surface area contributed by atoms with Gasteiger partial charge in [-0.15, -0.1) is 0 Å². The molecular weight excluding hydrogens is 243 g/mol. The summed E-state index contributed by atoms with van der Waals surface area (Å²) in [6.45, 7) is 0. The Morgan fingerprint density at radius 1 is 1.27 bits per heavy atom. The number of hydrogen-bond acceptors (Lipinski definition) is 1. The predicted octanol–water partition coefficient (Wildman–Crippen LogP) is 2.54. The van der Waals surface area contributed by atoms with Gasteiger partial charge in [-0.05, 0) is 0 Å². The molecule has 0 heterocycles. The van der Waals surface area contributed by atoms with Crippen LogP contribution in [0.5, 0.6) is 0 Å². The average molecular weight is 259 g/mol. The third kappa shape index (κ3) is 2.07. The molecule has 62 valence electrons. The van der Waals surface area contributed by atoms with Crippen molar-refractivity contribution in [3.63, 3.8) is 0 Å².